The summed E-state index contributed by atoms with van der Waals surface area (Å²) in [5, 5.41) is 0. The number of carbonyl (C=O) groups is 2. The van der Waals surface area contributed by atoms with E-state index in [0.717, 1.165) is 43.0 Å². The van der Waals surface area contributed by atoms with Crippen LogP contribution in [0.1, 0.15) is 47.9 Å². The molecule has 1 aromatic heterocycles. The highest BCUT2D eigenvalue weighted by molar-refractivity contribution is 5.94. The molecule has 2 fully saturated rings. The average Bonchev–Trinajstić information content (AvgIpc) is 3.34. The molecule has 0 bridgehead atoms. The van der Waals surface area contributed by atoms with Crippen LogP contribution < -0.4 is 0 Å². The Hall–Kier alpha value is -2.47. The molecule has 0 aliphatic carbocycles. The second-order valence-electron chi connectivity index (χ2n) is 8.40. The van der Waals surface area contributed by atoms with Crippen LogP contribution in [0.25, 0.3) is 0 Å². The van der Waals surface area contributed by atoms with Crippen molar-refractivity contribution in [2.45, 2.75) is 32.9 Å². The Kier molecular flexibility index (Phi) is 5.30. The normalized spacial score (nSPS) is 24.1. The summed E-state index contributed by atoms with van der Waals surface area (Å²) in [4.78, 5) is 28.6. The minimum absolute atomic E-state index is 0.0741. The summed E-state index contributed by atoms with van der Waals surface area (Å²) in [6.07, 6.45) is 2.35. The SMILES string of the molecule is CCC(=O)N1C[C@@H]2CN(Cc3cc(C(C)=O)cn3C)C[C@@H]2[C@H]1c1cccc(F)c1. The second kappa shape index (κ2) is 7.75. The van der Waals surface area contributed by atoms with E-state index in [-0.39, 0.29) is 23.5 Å². The van der Waals surface area contributed by atoms with Gasteiger partial charge in [-0.15, -0.1) is 0 Å². The molecule has 4 rings (SSSR count). The highest BCUT2D eigenvalue weighted by atomic mass is 19.1. The zero-order valence-corrected chi connectivity index (χ0v) is 17.3. The number of Topliss-reactive ketones (excluding diaryl/α,β-unsaturated/α-hetero) is 1. The molecule has 0 unspecified atom stereocenters. The van der Waals surface area contributed by atoms with Crippen molar-refractivity contribution in [1.29, 1.82) is 0 Å². The van der Waals surface area contributed by atoms with E-state index in [2.05, 4.69) is 4.90 Å². The lowest BCUT2D eigenvalue weighted by Crippen LogP contribution is -2.35. The van der Waals surface area contributed by atoms with E-state index in [4.69, 9.17) is 0 Å². The van der Waals surface area contributed by atoms with E-state index in [0.29, 0.717) is 18.3 Å². The summed E-state index contributed by atoms with van der Waals surface area (Å²) in [5.41, 5.74) is 2.73. The van der Waals surface area contributed by atoms with Gasteiger partial charge in [0.25, 0.3) is 0 Å². The number of fused-ring (bicyclic) bond motifs is 1. The lowest BCUT2D eigenvalue weighted by molar-refractivity contribution is -0.132. The Morgan fingerprint density at radius 3 is 2.62 bits per heavy atom. The van der Waals surface area contributed by atoms with Crippen LogP contribution in [0, 0.1) is 17.7 Å². The number of carbonyl (C=O) groups excluding carboxylic acids is 2. The molecule has 0 saturated carbocycles. The summed E-state index contributed by atoms with van der Waals surface area (Å²) in [7, 11) is 1.97. The predicted molar refractivity (Wildman–Crippen MR) is 109 cm³/mol. The van der Waals surface area contributed by atoms with Crippen LogP contribution >= 0.6 is 0 Å². The summed E-state index contributed by atoms with van der Waals surface area (Å²) in [5.74, 6) is 0.621. The number of ketones is 1. The summed E-state index contributed by atoms with van der Waals surface area (Å²) < 4.78 is 15.9. The van der Waals surface area contributed by atoms with Crippen LogP contribution in [0.4, 0.5) is 4.39 Å². The molecule has 2 aliphatic rings. The van der Waals surface area contributed by atoms with Gasteiger partial charge in [-0.05, 0) is 36.6 Å². The van der Waals surface area contributed by atoms with Crippen molar-refractivity contribution in [3.05, 3.63) is 59.2 Å². The molecular formula is C23H28FN3O2. The fraction of sp³-hybridized carbons (Fsp3) is 0.478. The van der Waals surface area contributed by atoms with Gasteiger partial charge in [0.15, 0.2) is 5.78 Å². The van der Waals surface area contributed by atoms with Crippen LogP contribution in [0.3, 0.4) is 0 Å². The molecule has 6 heteroatoms. The van der Waals surface area contributed by atoms with Crippen LogP contribution in [0.5, 0.6) is 0 Å². The highest BCUT2D eigenvalue weighted by Gasteiger charge is 2.48. The maximum Gasteiger partial charge on any atom is 0.222 e. The molecule has 154 valence electrons. The lowest BCUT2D eigenvalue weighted by atomic mass is 9.89. The molecule has 2 aromatic rings. The third-order valence-electron chi connectivity index (χ3n) is 6.45. The summed E-state index contributed by atoms with van der Waals surface area (Å²) in [6.45, 7) is 6.73. The second-order valence-corrected chi connectivity index (χ2v) is 8.40. The molecule has 0 spiro atoms. The Balaban J connectivity index is 1.55. The van der Waals surface area contributed by atoms with Crippen LogP contribution in [-0.4, -0.2) is 45.7 Å². The lowest BCUT2D eigenvalue weighted by Gasteiger charge is -2.30. The molecule has 2 saturated heterocycles. The third kappa shape index (κ3) is 3.73. The molecule has 29 heavy (non-hydrogen) atoms. The van der Waals surface area contributed by atoms with Crippen LogP contribution in [0.15, 0.2) is 36.5 Å². The number of halogens is 1. The molecule has 0 radical (unpaired) electrons. The standard InChI is InChI=1S/C23H28FN3O2/c1-4-22(29)27-12-18-11-26(13-20-9-17(15(2)28)10-25(20)3)14-21(18)23(27)16-6-5-7-19(24)8-16/h5-10,18,21,23H,4,11-14H2,1-3H3/t18-,21-,23+/m0/s1. The summed E-state index contributed by atoms with van der Waals surface area (Å²) in [6, 6.07) is 8.58. The maximum atomic E-state index is 13.9. The topological polar surface area (TPSA) is 45.6 Å². The average molecular weight is 397 g/mol. The van der Waals surface area contributed by atoms with Crippen molar-refractivity contribution in [3.8, 4) is 0 Å². The number of nitrogens with zero attached hydrogens (tertiary/aromatic N) is 3. The van der Waals surface area contributed by atoms with Gasteiger partial charge in [-0.25, -0.2) is 4.39 Å². The Labute approximate surface area is 171 Å². The van der Waals surface area contributed by atoms with Gasteiger partial charge in [-0.1, -0.05) is 19.1 Å². The summed E-state index contributed by atoms with van der Waals surface area (Å²) >= 11 is 0. The molecule has 2 aliphatic heterocycles. The van der Waals surface area contributed by atoms with Gasteiger partial charge in [0.05, 0.1) is 6.04 Å². The number of amides is 1. The van der Waals surface area contributed by atoms with Crippen molar-refractivity contribution < 1.29 is 14.0 Å². The Bertz CT molecular complexity index is 938. The number of aromatic nitrogens is 1. The first-order chi connectivity index (χ1) is 13.9. The van der Waals surface area contributed by atoms with Crippen molar-refractivity contribution in [2.24, 2.45) is 18.9 Å². The minimum atomic E-state index is -0.259. The van der Waals surface area contributed by atoms with Gasteiger partial charge in [0.1, 0.15) is 5.82 Å². The van der Waals surface area contributed by atoms with E-state index in [1.54, 1.807) is 19.1 Å². The quantitative estimate of drug-likeness (QED) is 0.727. The maximum absolute atomic E-state index is 13.9. The molecular weight excluding hydrogens is 369 g/mol. The monoisotopic (exact) mass is 397 g/mol. The van der Waals surface area contributed by atoms with Gasteiger partial charge >= 0.3 is 0 Å². The predicted octanol–water partition coefficient (Wildman–Crippen LogP) is 3.41. The number of hydrogen-bond acceptors (Lipinski definition) is 3. The number of rotatable bonds is 5. The number of likely N-dealkylation sites (tertiary alicyclic amines) is 2. The Morgan fingerprint density at radius 1 is 1.17 bits per heavy atom. The van der Waals surface area contributed by atoms with Crippen molar-refractivity contribution in [2.75, 3.05) is 19.6 Å². The van der Waals surface area contributed by atoms with Crippen molar-refractivity contribution >= 4 is 11.7 Å². The zero-order chi connectivity index (χ0) is 20.7. The van der Waals surface area contributed by atoms with Gasteiger partial charge in [-0.2, -0.15) is 0 Å². The van der Waals surface area contributed by atoms with Crippen LogP contribution in [-0.2, 0) is 18.4 Å². The van der Waals surface area contributed by atoms with Gasteiger partial charge in [0.2, 0.25) is 5.91 Å². The molecule has 1 aromatic carbocycles. The van der Waals surface area contributed by atoms with Crippen LogP contribution in [0.2, 0.25) is 0 Å². The van der Waals surface area contributed by atoms with Crippen molar-refractivity contribution in [3.63, 3.8) is 0 Å². The van der Waals surface area contributed by atoms with E-state index >= 15 is 0 Å². The van der Waals surface area contributed by atoms with E-state index < -0.39 is 0 Å². The highest BCUT2D eigenvalue weighted by Crippen LogP contribution is 2.45. The van der Waals surface area contributed by atoms with Gasteiger partial charge in [-0.3, -0.25) is 14.5 Å². The number of hydrogen-bond donors (Lipinski definition) is 0. The Morgan fingerprint density at radius 2 is 1.97 bits per heavy atom. The fourth-order valence-corrected chi connectivity index (χ4v) is 5.03. The first kappa shape index (κ1) is 19.8. The van der Waals surface area contributed by atoms with E-state index in [9.17, 15) is 14.0 Å². The smallest absolute Gasteiger partial charge is 0.222 e. The third-order valence-corrected chi connectivity index (χ3v) is 6.45. The minimum Gasteiger partial charge on any atom is -0.353 e. The first-order valence-electron chi connectivity index (χ1n) is 10.3. The largest absolute Gasteiger partial charge is 0.353 e. The van der Waals surface area contributed by atoms with Crippen molar-refractivity contribution in [1.82, 2.24) is 14.4 Å². The van der Waals surface area contributed by atoms with E-state index in [1.807, 2.05) is 41.8 Å². The molecule has 5 nitrogen and oxygen atoms in total. The fourth-order valence-electron chi connectivity index (χ4n) is 5.03. The molecule has 0 N–H and O–H groups in total. The number of aryl methyl sites for hydroxylation is 1. The van der Waals surface area contributed by atoms with Gasteiger partial charge < -0.3 is 9.47 Å². The number of benzene rings is 1. The van der Waals surface area contributed by atoms with Gasteiger partial charge in [0, 0.05) is 63.0 Å². The zero-order valence-electron chi connectivity index (χ0n) is 17.3. The molecule has 3 atom stereocenters. The van der Waals surface area contributed by atoms with E-state index in [1.165, 1.54) is 6.07 Å². The molecule has 3 heterocycles. The molecule has 1 amide bonds. The first-order valence-corrected chi connectivity index (χ1v) is 10.3.